The number of nitrogens with two attached hydrogens (primary N) is 1. The lowest BCUT2D eigenvalue weighted by Gasteiger charge is -2.10. The predicted molar refractivity (Wildman–Crippen MR) is 87.3 cm³/mol. The Morgan fingerprint density at radius 1 is 1.21 bits per heavy atom. The summed E-state index contributed by atoms with van der Waals surface area (Å²) in [6, 6.07) is 12.9. The number of benzene rings is 2. The number of carbonyl (C=O) groups is 1. The van der Waals surface area contributed by atoms with Crippen LogP contribution in [0.3, 0.4) is 0 Å². The molecular formula is C15H15IN2O. The molecule has 2 aromatic carbocycles. The van der Waals surface area contributed by atoms with Crippen molar-refractivity contribution in [3.8, 4) is 0 Å². The summed E-state index contributed by atoms with van der Waals surface area (Å²) in [6.45, 7) is 2.07. The highest BCUT2D eigenvalue weighted by atomic mass is 127. The summed E-state index contributed by atoms with van der Waals surface area (Å²) in [5, 5.41) is 2.94. The molecule has 2 rings (SSSR count). The molecule has 0 aliphatic heterocycles. The van der Waals surface area contributed by atoms with Crippen molar-refractivity contribution in [2.24, 2.45) is 0 Å². The number of amides is 1. The van der Waals surface area contributed by atoms with Crippen LogP contribution in [0.2, 0.25) is 0 Å². The van der Waals surface area contributed by atoms with Gasteiger partial charge in [-0.05, 0) is 77.0 Å². The van der Waals surface area contributed by atoms with Crippen molar-refractivity contribution < 1.29 is 4.79 Å². The lowest BCUT2D eigenvalue weighted by molar-refractivity contribution is 0.102. The molecule has 1 amide bonds. The van der Waals surface area contributed by atoms with Crippen LogP contribution in [0.4, 0.5) is 11.4 Å². The van der Waals surface area contributed by atoms with Crippen molar-refractivity contribution in [3.05, 3.63) is 57.2 Å². The van der Waals surface area contributed by atoms with Gasteiger partial charge in [0.1, 0.15) is 0 Å². The van der Waals surface area contributed by atoms with Crippen molar-refractivity contribution in [3.63, 3.8) is 0 Å². The third kappa shape index (κ3) is 3.47. The van der Waals surface area contributed by atoms with Gasteiger partial charge in [-0.1, -0.05) is 6.92 Å². The molecule has 0 fully saturated rings. The normalized spacial score (nSPS) is 10.2. The lowest BCUT2D eigenvalue weighted by atomic mass is 10.1. The molecule has 0 heterocycles. The first-order valence-electron chi connectivity index (χ1n) is 6.05. The Morgan fingerprint density at radius 3 is 2.53 bits per heavy atom. The monoisotopic (exact) mass is 366 g/mol. The molecule has 19 heavy (non-hydrogen) atoms. The molecule has 0 atom stereocenters. The van der Waals surface area contributed by atoms with E-state index < -0.39 is 0 Å². The van der Waals surface area contributed by atoms with Crippen molar-refractivity contribution in [2.75, 3.05) is 11.1 Å². The molecule has 0 radical (unpaired) electrons. The Bertz CT molecular complexity index is 594. The summed E-state index contributed by atoms with van der Waals surface area (Å²) >= 11 is 2.27. The number of aryl methyl sites for hydroxylation is 1. The number of hydrogen-bond acceptors (Lipinski definition) is 2. The smallest absolute Gasteiger partial charge is 0.255 e. The third-order valence-electron chi connectivity index (χ3n) is 2.87. The molecule has 0 saturated carbocycles. The van der Waals surface area contributed by atoms with E-state index in [0.29, 0.717) is 11.3 Å². The molecule has 0 aliphatic carbocycles. The first kappa shape index (κ1) is 13.9. The van der Waals surface area contributed by atoms with E-state index in [9.17, 15) is 4.79 Å². The number of nitrogens with one attached hydrogen (secondary N) is 1. The summed E-state index contributed by atoms with van der Waals surface area (Å²) in [5.74, 6) is -0.115. The minimum atomic E-state index is -0.115. The maximum atomic E-state index is 12.1. The molecule has 0 bridgehead atoms. The van der Waals surface area contributed by atoms with Crippen molar-refractivity contribution >= 4 is 39.9 Å². The second-order valence-corrected chi connectivity index (χ2v) is 5.48. The van der Waals surface area contributed by atoms with Gasteiger partial charge in [0, 0.05) is 20.5 Å². The highest BCUT2D eigenvalue weighted by Crippen LogP contribution is 2.20. The van der Waals surface area contributed by atoms with Gasteiger partial charge < -0.3 is 11.1 Å². The maximum absolute atomic E-state index is 12.1. The summed E-state index contributed by atoms with van der Waals surface area (Å²) in [6.07, 6.45) is 0.883. The number of rotatable bonds is 3. The third-order valence-corrected chi connectivity index (χ3v) is 3.54. The highest BCUT2D eigenvalue weighted by molar-refractivity contribution is 14.1. The van der Waals surface area contributed by atoms with E-state index in [1.807, 2.05) is 12.1 Å². The Balaban J connectivity index is 2.21. The van der Waals surface area contributed by atoms with Crippen LogP contribution in [0.1, 0.15) is 22.8 Å². The number of anilines is 2. The van der Waals surface area contributed by atoms with E-state index in [0.717, 1.165) is 17.7 Å². The fourth-order valence-electron chi connectivity index (χ4n) is 1.81. The fourth-order valence-corrected chi connectivity index (χ4v) is 2.36. The van der Waals surface area contributed by atoms with Gasteiger partial charge in [0.2, 0.25) is 0 Å². The molecule has 3 N–H and O–H groups in total. The number of carbonyl (C=O) groups excluding carboxylic acids is 1. The minimum Gasteiger partial charge on any atom is -0.399 e. The van der Waals surface area contributed by atoms with Gasteiger partial charge in [-0.25, -0.2) is 0 Å². The highest BCUT2D eigenvalue weighted by Gasteiger charge is 2.08. The van der Waals surface area contributed by atoms with Crippen LogP contribution in [-0.4, -0.2) is 5.91 Å². The average molecular weight is 366 g/mol. The molecule has 0 aromatic heterocycles. The minimum absolute atomic E-state index is 0.115. The summed E-state index contributed by atoms with van der Waals surface area (Å²) in [4.78, 5) is 12.1. The Hall–Kier alpha value is -1.56. The summed E-state index contributed by atoms with van der Waals surface area (Å²) in [5.41, 5.74) is 8.87. The molecule has 0 unspecified atom stereocenters. The van der Waals surface area contributed by atoms with E-state index in [1.54, 1.807) is 24.3 Å². The quantitative estimate of drug-likeness (QED) is 0.643. The van der Waals surface area contributed by atoms with Gasteiger partial charge in [-0.2, -0.15) is 0 Å². The van der Waals surface area contributed by atoms with Crippen LogP contribution in [-0.2, 0) is 6.42 Å². The van der Waals surface area contributed by atoms with Crippen LogP contribution < -0.4 is 11.1 Å². The molecule has 4 heteroatoms. The topological polar surface area (TPSA) is 55.1 Å². The number of hydrogen-bond donors (Lipinski definition) is 2. The van der Waals surface area contributed by atoms with E-state index in [4.69, 9.17) is 5.73 Å². The molecule has 2 aromatic rings. The lowest BCUT2D eigenvalue weighted by Crippen LogP contribution is -2.13. The van der Waals surface area contributed by atoms with Gasteiger partial charge in [0.05, 0.1) is 0 Å². The Morgan fingerprint density at radius 2 is 1.89 bits per heavy atom. The van der Waals surface area contributed by atoms with Crippen LogP contribution in [0.5, 0.6) is 0 Å². The van der Waals surface area contributed by atoms with Crippen LogP contribution >= 0.6 is 22.6 Å². The van der Waals surface area contributed by atoms with Gasteiger partial charge in [0.15, 0.2) is 0 Å². The average Bonchev–Trinajstić information content (AvgIpc) is 2.41. The maximum Gasteiger partial charge on any atom is 0.255 e. The van der Waals surface area contributed by atoms with Gasteiger partial charge >= 0.3 is 0 Å². The van der Waals surface area contributed by atoms with E-state index in [-0.39, 0.29) is 5.91 Å². The molecule has 3 nitrogen and oxygen atoms in total. The van der Waals surface area contributed by atoms with Crippen LogP contribution in [0.15, 0.2) is 42.5 Å². The molecule has 0 aliphatic rings. The number of halogens is 1. The van der Waals surface area contributed by atoms with E-state index >= 15 is 0 Å². The fraction of sp³-hybridized carbons (Fsp3) is 0.133. The Labute approximate surface area is 126 Å². The number of nitrogen functional groups attached to an aromatic ring is 1. The van der Waals surface area contributed by atoms with Crippen molar-refractivity contribution in [1.29, 1.82) is 0 Å². The van der Waals surface area contributed by atoms with E-state index in [2.05, 4.69) is 40.9 Å². The summed E-state index contributed by atoms with van der Waals surface area (Å²) in [7, 11) is 0. The van der Waals surface area contributed by atoms with E-state index in [1.165, 1.54) is 3.57 Å². The van der Waals surface area contributed by atoms with Gasteiger partial charge in [-0.3, -0.25) is 4.79 Å². The molecule has 98 valence electrons. The summed E-state index contributed by atoms with van der Waals surface area (Å²) < 4.78 is 1.17. The molecular weight excluding hydrogens is 351 g/mol. The van der Waals surface area contributed by atoms with Crippen molar-refractivity contribution in [1.82, 2.24) is 0 Å². The first-order valence-corrected chi connectivity index (χ1v) is 7.13. The zero-order valence-corrected chi connectivity index (χ0v) is 12.8. The van der Waals surface area contributed by atoms with Gasteiger partial charge in [-0.15, -0.1) is 0 Å². The first-order chi connectivity index (χ1) is 9.10. The van der Waals surface area contributed by atoms with Crippen LogP contribution in [0, 0.1) is 3.57 Å². The predicted octanol–water partition coefficient (Wildman–Crippen LogP) is 3.69. The standard InChI is InChI=1S/C15H15IN2O/c1-2-10-9-12(16)5-8-14(10)18-15(19)11-3-6-13(17)7-4-11/h3-9H,2,17H2,1H3,(H,18,19). The van der Waals surface area contributed by atoms with Crippen LogP contribution in [0.25, 0.3) is 0 Å². The second kappa shape index (κ2) is 6.06. The largest absolute Gasteiger partial charge is 0.399 e. The van der Waals surface area contributed by atoms with Gasteiger partial charge in [0.25, 0.3) is 5.91 Å². The zero-order chi connectivity index (χ0) is 13.8. The van der Waals surface area contributed by atoms with Crippen molar-refractivity contribution in [2.45, 2.75) is 13.3 Å². The SMILES string of the molecule is CCc1cc(I)ccc1NC(=O)c1ccc(N)cc1. The second-order valence-electron chi connectivity index (χ2n) is 4.23. The molecule has 0 saturated heterocycles. The Kier molecular flexibility index (Phi) is 4.42. The molecule has 0 spiro atoms. The zero-order valence-electron chi connectivity index (χ0n) is 10.6.